The Hall–Kier alpha value is -3.07. The summed E-state index contributed by atoms with van der Waals surface area (Å²) in [5.74, 6) is 1.82. The van der Waals surface area contributed by atoms with Crippen LogP contribution < -0.4 is 10.1 Å². The molecule has 0 aromatic heterocycles. The van der Waals surface area contributed by atoms with Crippen molar-refractivity contribution in [2.24, 2.45) is 0 Å². The van der Waals surface area contributed by atoms with Crippen LogP contribution in [0, 0.1) is 0 Å². The molecule has 1 atom stereocenters. The number of hydrogen-bond acceptors (Lipinski definition) is 2. The minimum Gasteiger partial charge on any atom is -0.457 e. The highest BCUT2D eigenvalue weighted by molar-refractivity contribution is 6.04. The van der Waals surface area contributed by atoms with Gasteiger partial charge in [0.25, 0.3) is 5.91 Å². The van der Waals surface area contributed by atoms with Crippen LogP contribution in [0.25, 0.3) is 0 Å². The molecule has 3 heteroatoms. The second-order valence-corrected chi connectivity index (χ2v) is 6.33. The molecule has 1 unspecified atom stereocenters. The summed E-state index contributed by atoms with van der Waals surface area (Å²) in [4.78, 5) is 12.5. The van der Waals surface area contributed by atoms with Crippen LogP contribution in [0.2, 0.25) is 0 Å². The molecule has 3 aromatic rings. The first-order valence-electron chi connectivity index (χ1n) is 8.90. The minimum atomic E-state index is -0.127. The second kappa shape index (κ2) is 8.34. The molecule has 3 aromatic carbocycles. The van der Waals surface area contributed by atoms with Gasteiger partial charge in [0.05, 0.1) is 0 Å². The smallest absolute Gasteiger partial charge is 0.255 e. The molecule has 3 rings (SSSR count). The number of carbonyl (C=O) groups is 1. The molecule has 0 saturated carbocycles. The third-order valence-corrected chi connectivity index (χ3v) is 4.42. The third kappa shape index (κ3) is 4.51. The summed E-state index contributed by atoms with van der Waals surface area (Å²) in [6.45, 7) is 4.35. The van der Waals surface area contributed by atoms with Crippen LogP contribution in [0.15, 0.2) is 78.9 Å². The molecule has 0 bridgehead atoms. The first kappa shape index (κ1) is 17.7. The van der Waals surface area contributed by atoms with Crippen LogP contribution in [-0.4, -0.2) is 5.91 Å². The van der Waals surface area contributed by atoms with E-state index in [9.17, 15) is 4.79 Å². The maximum absolute atomic E-state index is 12.5. The standard InChI is InChI=1S/C23H23NO2/c1-3-17(2)19-8-7-9-20(16-19)24-23(25)18-12-14-22(15-13-18)26-21-10-5-4-6-11-21/h4-17H,3H2,1-2H3,(H,24,25). The van der Waals surface area contributed by atoms with E-state index in [1.54, 1.807) is 24.3 Å². The number of anilines is 1. The highest BCUT2D eigenvalue weighted by Crippen LogP contribution is 2.23. The molecule has 0 fully saturated rings. The van der Waals surface area contributed by atoms with Gasteiger partial charge in [-0.25, -0.2) is 0 Å². The van der Waals surface area contributed by atoms with E-state index in [2.05, 4.69) is 25.2 Å². The van der Waals surface area contributed by atoms with Crippen molar-refractivity contribution in [1.29, 1.82) is 0 Å². The average molecular weight is 345 g/mol. The Morgan fingerprint density at radius 1 is 0.923 bits per heavy atom. The van der Waals surface area contributed by atoms with Crippen LogP contribution in [0.3, 0.4) is 0 Å². The fourth-order valence-corrected chi connectivity index (χ4v) is 2.66. The minimum absolute atomic E-state index is 0.127. The van der Waals surface area contributed by atoms with Gasteiger partial charge in [-0.2, -0.15) is 0 Å². The fraction of sp³-hybridized carbons (Fsp3) is 0.174. The van der Waals surface area contributed by atoms with Crippen molar-refractivity contribution < 1.29 is 9.53 Å². The molecule has 3 nitrogen and oxygen atoms in total. The van der Waals surface area contributed by atoms with E-state index >= 15 is 0 Å². The summed E-state index contributed by atoms with van der Waals surface area (Å²) in [5.41, 5.74) is 2.65. The van der Waals surface area contributed by atoms with Crippen LogP contribution >= 0.6 is 0 Å². The Bertz CT molecular complexity index is 857. The van der Waals surface area contributed by atoms with Gasteiger partial charge in [-0.05, 0) is 66.4 Å². The number of hydrogen-bond donors (Lipinski definition) is 1. The van der Waals surface area contributed by atoms with E-state index in [0.29, 0.717) is 17.2 Å². The molecule has 0 radical (unpaired) electrons. The molecular formula is C23H23NO2. The van der Waals surface area contributed by atoms with Crippen LogP contribution in [0.5, 0.6) is 11.5 Å². The Balaban J connectivity index is 1.67. The summed E-state index contributed by atoms with van der Waals surface area (Å²) in [6.07, 6.45) is 1.07. The van der Waals surface area contributed by atoms with E-state index < -0.39 is 0 Å². The summed E-state index contributed by atoms with van der Waals surface area (Å²) < 4.78 is 5.75. The molecule has 0 aliphatic heterocycles. The first-order valence-corrected chi connectivity index (χ1v) is 8.90. The van der Waals surface area contributed by atoms with Gasteiger partial charge in [0, 0.05) is 11.3 Å². The van der Waals surface area contributed by atoms with Crippen LogP contribution in [0.1, 0.15) is 42.1 Å². The lowest BCUT2D eigenvalue weighted by Crippen LogP contribution is -2.12. The maximum Gasteiger partial charge on any atom is 0.255 e. The van der Waals surface area contributed by atoms with Crippen molar-refractivity contribution >= 4 is 11.6 Å². The van der Waals surface area contributed by atoms with E-state index in [1.807, 2.05) is 48.5 Å². The van der Waals surface area contributed by atoms with E-state index in [1.165, 1.54) is 5.56 Å². The highest BCUT2D eigenvalue weighted by Gasteiger charge is 2.09. The van der Waals surface area contributed by atoms with Gasteiger partial charge >= 0.3 is 0 Å². The molecule has 0 heterocycles. The maximum atomic E-state index is 12.5. The number of rotatable bonds is 6. The van der Waals surface area contributed by atoms with Gasteiger partial charge in [0.2, 0.25) is 0 Å². The van der Waals surface area contributed by atoms with Crippen LogP contribution in [-0.2, 0) is 0 Å². The molecule has 0 aliphatic carbocycles. The Labute approximate surface area is 154 Å². The zero-order valence-electron chi connectivity index (χ0n) is 15.1. The SMILES string of the molecule is CCC(C)c1cccc(NC(=O)c2ccc(Oc3ccccc3)cc2)c1. The molecule has 1 amide bonds. The summed E-state index contributed by atoms with van der Waals surface area (Å²) in [6, 6.07) is 24.7. The predicted molar refractivity (Wildman–Crippen MR) is 106 cm³/mol. The zero-order chi connectivity index (χ0) is 18.4. The third-order valence-electron chi connectivity index (χ3n) is 4.42. The topological polar surface area (TPSA) is 38.3 Å². The number of nitrogens with one attached hydrogen (secondary N) is 1. The normalized spacial score (nSPS) is 11.6. The van der Waals surface area contributed by atoms with Gasteiger partial charge in [0.15, 0.2) is 0 Å². The number of ether oxygens (including phenoxy) is 1. The average Bonchev–Trinajstić information content (AvgIpc) is 2.69. The van der Waals surface area contributed by atoms with Crippen LogP contribution in [0.4, 0.5) is 5.69 Å². The monoisotopic (exact) mass is 345 g/mol. The number of para-hydroxylation sites is 1. The molecule has 1 N–H and O–H groups in total. The fourth-order valence-electron chi connectivity index (χ4n) is 2.66. The molecule has 0 spiro atoms. The number of carbonyl (C=O) groups excluding carboxylic acids is 1. The molecule has 0 aliphatic rings. The Kier molecular flexibility index (Phi) is 5.69. The van der Waals surface area contributed by atoms with Gasteiger partial charge in [0.1, 0.15) is 11.5 Å². The van der Waals surface area contributed by atoms with E-state index in [-0.39, 0.29) is 5.91 Å². The number of benzene rings is 3. The second-order valence-electron chi connectivity index (χ2n) is 6.33. The lowest BCUT2D eigenvalue weighted by atomic mass is 9.98. The van der Waals surface area contributed by atoms with Gasteiger partial charge < -0.3 is 10.1 Å². The van der Waals surface area contributed by atoms with Crippen molar-refractivity contribution in [2.75, 3.05) is 5.32 Å². The van der Waals surface area contributed by atoms with E-state index in [0.717, 1.165) is 17.9 Å². The van der Waals surface area contributed by atoms with Crippen molar-refractivity contribution in [1.82, 2.24) is 0 Å². The predicted octanol–water partition coefficient (Wildman–Crippen LogP) is 6.24. The van der Waals surface area contributed by atoms with Crippen molar-refractivity contribution in [2.45, 2.75) is 26.2 Å². The number of amides is 1. The van der Waals surface area contributed by atoms with Crippen molar-refractivity contribution in [3.05, 3.63) is 90.0 Å². The van der Waals surface area contributed by atoms with Gasteiger partial charge in [-0.1, -0.05) is 44.2 Å². The largest absolute Gasteiger partial charge is 0.457 e. The van der Waals surface area contributed by atoms with E-state index in [4.69, 9.17) is 4.74 Å². The van der Waals surface area contributed by atoms with Crippen molar-refractivity contribution in [3.8, 4) is 11.5 Å². The molecule has 0 saturated heterocycles. The molecule has 26 heavy (non-hydrogen) atoms. The Morgan fingerprint density at radius 3 is 2.31 bits per heavy atom. The quantitative estimate of drug-likeness (QED) is 0.574. The highest BCUT2D eigenvalue weighted by atomic mass is 16.5. The zero-order valence-corrected chi connectivity index (χ0v) is 15.1. The first-order chi connectivity index (χ1) is 12.7. The molecule has 132 valence electrons. The Morgan fingerprint density at radius 2 is 1.62 bits per heavy atom. The summed E-state index contributed by atoms with van der Waals surface area (Å²) >= 11 is 0. The van der Waals surface area contributed by atoms with Crippen molar-refractivity contribution in [3.63, 3.8) is 0 Å². The van der Waals surface area contributed by atoms with Gasteiger partial charge in [-0.3, -0.25) is 4.79 Å². The lowest BCUT2D eigenvalue weighted by molar-refractivity contribution is 0.102. The summed E-state index contributed by atoms with van der Waals surface area (Å²) in [5, 5.41) is 2.97. The summed E-state index contributed by atoms with van der Waals surface area (Å²) in [7, 11) is 0. The lowest BCUT2D eigenvalue weighted by Gasteiger charge is -2.12. The molecular weight excluding hydrogens is 322 g/mol. The van der Waals surface area contributed by atoms with Gasteiger partial charge in [-0.15, -0.1) is 0 Å².